The molecule has 1 atom stereocenters. The van der Waals surface area contributed by atoms with Gasteiger partial charge in [-0.1, -0.05) is 49.2 Å². The van der Waals surface area contributed by atoms with Crippen LogP contribution in [0.5, 0.6) is 0 Å². The Morgan fingerprint density at radius 2 is 1.79 bits per heavy atom. The number of hydrogen-bond donors (Lipinski definition) is 1. The summed E-state index contributed by atoms with van der Waals surface area (Å²) in [6.07, 6.45) is 1.40. The lowest BCUT2D eigenvalue weighted by Crippen LogP contribution is -2.48. The third kappa shape index (κ3) is 6.26. The van der Waals surface area contributed by atoms with Crippen LogP contribution in [0.2, 0.25) is 5.02 Å². The Morgan fingerprint density at radius 1 is 1.10 bits per heavy atom. The van der Waals surface area contributed by atoms with Crippen molar-refractivity contribution < 1.29 is 18.4 Å². The molecule has 4 nitrogen and oxygen atoms in total. The highest BCUT2D eigenvalue weighted by molar-refractivity contribution is 6.31. The molecule has 0 saturated heterocycles. The highest BCUT2D eigenvalue weighted by Crippen LogP contribution is 2.22. The van der Waals surface area contributed by atoms with Gasteiger partial charge in [-0.2, -0.15) is 0 Å². The predicted octanol–water partition coefficient (Wildman–Crippen LogP) is 4.49. The van der Waals surface area contributed by atoms with Gasteiger partial charge in [0, 0.05) is 29.2 Å². The Hall–Kier alpha value is -2.47. The number of benzene rings is 2. The minimum absolute atomic E-state index is 0.0521. The zero-order valence-corrected chi connectivity index (χ0v) is 17.3. The zero-order valence-electron chi connectivity index (χ0n) is 16.6. The lowest BCUT2D eigenvalue weighted by atomic mass is 10.1. The Balaban J connectivity index is 2.26. The molecule has 0 aliphatic heterocycles. The Labute approximate surface area is 174 Å². The number of nitrogens with zero attached hydrogens (tertiary/aromatic N) is 1. The van der Waals surface area contributed by atoms with Gasteiger partial charge in [-0.15, -0.1) is 0 Å². The fourth-order valence-electron chi connectivity index (χ4n) is 2.88. The van der Waals surface area contributed by atoms with Crippen molar-refractivity contribution in [3.05, 3.63) is 70.2 Å². The van der Waals surface area contributed by atoms with Crippen molar-refractivity contribution in [2.24, 2.45) is 0 Å². The summed E-state index contributed by atoms with van der Waals surface area (Å²) >= 11 is 6.04. The van der Waals surface area contributed by atoms with Crippen LogP contribution in [-0.4, -0.2) is 29.3 Å². The molecule has 2 aromatic carbocycles. The van der Waals surface area contributed by atoms with E-state index in [1.165, 1.54) is 29.2 Å². The third-order valence-corrected chi connectivity index (χ3v) is 5.04. The summed E-state index contributed by atoms with van der Waals surface area (Å²) in [5, 5.41) is 2.91. The number of nitrogens with one attached hydrogen (secondary N) is 1. The number of carbonyl (C=O) groups is 2. The van der Waals surface area contributed by atoms with E-state index in [9.17, 15) is 18.4 Å². The maximum absolute atomic E-state index is 14.2. The Morgan fingerprint density at radius 3 is 2.45 bits per heavy atom. The van der Waals surface area contributed by atoms with Gasteiger partial charge in [0.2, 0.25) is 11.8 Å². The van der Waals surface area contributed by atoms with E-state index in [4.69, 9.17) is 11.6 Å². The topological polar surface area (TPSA) is 49.4 Å². The molecule has 1 N–H and O–H groups in total. The number of amides is 2. The van der Waals surface area contributed by atoms with E-state index in [-0.39, 0.29) is 35.0 Å². The Kier molecular flexibility index (Phi) is 8.58. The fraction of sp³-hybridized carbons (Fsp3) is 0.364. The standard InChI is InChI=1S/C22H25ClF2N2O2/c1-3-4-12-26-22(29)15(2)27(14-16-8-5-6-10-19(16)24)21(28)13-17-18(23)9-7-11-20(17)25/h5-11,15H,3-4,12-14H2,1-2H3,(H,26,29). The molecule has 0 aliphatic carbocycles. The van der Waals surface area contributed by atoms with Crippen LogP contribution in [-0.2, 0) is 22.6 Å². The zero-order chi connectivity index (χ0) is 21.4. The van der Waals surface area contributed by atoms with Crippen molar-refractivity contribution in [3.8, 4) is 0 Å². The first-order valence-corrected chi connectivity index (χ1v) is 9.96. The number of unbranched alkanes of at least 4 members (excludes halogenated alkanes) is 1. The molecule has 7 heteroatoms. The average Bonchev–Trinajstić information content (AvgIpc) is 2.69. The molecule has 1 unspecified atom stereocenters. The van der Waals surface area contributed by atoms with Gasteiger partial charge < -0.3 is 10.2 Å². The molecule has 2 amide bonds. The van der Waals surface area contributed by atoms with Crippen molar-refractivity contribution in [1.82, 2.24) is 10.2 Å². The molecule has 0 spiro atoms. The van der Waals surface area contributed by atoms with E-state index in [0.717, 1.165) is 12.8 Å². The van der Waals surface area contributed by atoms with E-state index in [1.807, 2.05) is 6.92 Å². The molecule has 2 rings (SSSR count). The largest absolute Gasteiger partial charge is 0.354 e. The summed E-state index contributed by atoms with van der Waals surface area (Å²) in [7, 11) is 0. The molecule has 156 valence electrons. The summed E-state index contributed by atoms with van der Waals surface area (Å²) in [6, 6.07) is 9.35. The van der Waals surface area contributed by atoms with Crippen molar-refractivity contribution in [1.29, 1.82) is 0 Å². The van der Waals surface area contributed by atoms with E-state index in [0.29, 0.717) is 6.54 Å². The van der Waals surface area contributed by atoms with Crippen LogP contribution in [0.25, 0.3) is 0 Å². The molecule has 0 fully saturated rings. The summed E-state index contributed by atoms with van der Waals surface area (Å²) in [5.41, 5.74) is 0.324. The van der Waals surface area contributed by atoms with Gasteiger partial charge in [0.05, 0.1) is 6.42 Å². The summed E-state index contributed by atoms with van der Waals surface area (Å²) in [4.78, 5) is 26.8. The van der Waals surface area contributed by atoms with Gasteiger partial charge in [-0.3, -0.25) is 9.59 Å². The molecule has 0 heterocycles. The van der Waals surface area contributed by atoms with Gasteiger partial charge in [0.1, 0.15) is 17.7 Å². The van der Waals surface area contributed by atoms with Crippen molar-refractivity contribution >= 4 is 23.4 Å². The number of carbonyl (C=O) groups excluding carboxylic acids is 2. The fourth-order valence-corrected chi connectivity index (χ4v) is 3.11. The maximum atomic E-state index is 14.2. The second-order valence-corrected chi connectivity index (χ2v) is 7.22. The normalized spacial score (nSPS) is 11.8. The minimum atomic E-state index is -0.857. The summed E-state index contributed by atoms with van der Waals surface area (Å²) in [6.45, 7) is 3.95. The van der Waals surface area contributed by atoms with E-state index >= 15 is 0 Å². The summed E-state index contributed by atoms with van der Waals surface area (Å²) < 4.78 is 28.3. The van der Waals surface area contributed by atoms with Crippen LogP contribution in [0.4, 0.5) is 8.78 Å². The third-order valence-electron chi connectivity index (χ3n) is 4.69. The molecule has 0 radical (unpaired) electrons. The number of hydrogen-bond acceptors (Lipinski definition) is 2. The van der Waals surface area contributed by atoms with E-state index in [2.05, 4.69) is 5.32 Å². The lowest BCUT2D eigenvalue weighted by molar-refractivity contribution is -0.140. The summed E-state index contributed by atoms with van der Waals surface area (Å²) in [5.74, 6) is -1.94. The highest BCUT2D eigenvalue weighted by Gasteiger charge is 2.27. The first-order chi connectivity index (χ1) is 13.8. The number of rotatable bonds is 9. The SMILES string of the molecule is CCCCNC(=O)C(C)N(Cc1ccccc1F)C(=O)Cc1c(F)cccc1Cl. The highest BCUT2D eigenvalue weighted by atomic mass is 35.5. The van der Waals surface area contributed by atoms with Gasteiger partial charge in [0.25, 0.3) is 0 Å². The van der Waals surface area contributed by atoms with E-state index in [1.54, 1.807) is 25.1 Å². The molecule has 0 aliphatic rings. The van der Waals surface area contributed by atoms with Crippen molar-refractivity contribution in [3.63, 3.8) is 0 Å². The van der Waals surface area contributed by atoms with Crippen molar-refractivity contribution in [2.45, 2.75) is 45.7 Å². The molecular formula is C22H25ClF2N2O2. The van der Waals surface area contributed by atoms with Gasteiger partial charge in [-0.05, 0) is 31.5 Å². The average molecular weight is 423 g/mol. The second kappa shape index (κ2) is 10.9. The first kappa shape index (κ1) is 22.8. The monoisotopic (exact) mass is 422 g/mol. The maximum Gasteiger partial charge on any atom is 0.242 e. The van der Waals surface area contributed by atoms with Crippen LogP contribution in [0.1, 0.15) is 37.8 Å². The van der Waals surface area contributed by atoms with E-state index < -0.39 is 23.6 Å². The molecule has 0 saturated carbocycles. The molecule has 29 heavy (non-hydrogen) atoms. The smallest absolute Gasteiger partial charge is 0.242 e. The molecule has 0 bridgehead atoms. The second-order valence-electron chi connectivity index (χ2n) is 6.81. The minimum Gasteiger partial charge on any atom is -0.354 e. The van der Waals surface area contributed by atoms with Gasteiger partial charge in [-0.25, -0.2) is 8.78 Å². The molecule has 2 aromatic rings. The number of halogens is 3. The van der Waals surface area contributed by atoms with Crippen LogP contribution < -0.4 is 5.32 Å². The molecule has 0 aromatic heterocycles. The van der Waals surface area contributed by atoms with Crippen LogP contribution in [0, 0.1) is 11.6 Å². The Bertz CT molecular complexity index is 840. The van der Waals surface area contributed by atoms with Gasteiger partial charge in [0.15, 0.2) is 0 Å². The first-order valence-electron chi connectivity index (χ1n) is 9.58. The lowest BCUT2D eigenvalue weighted by Gasteiger charge is -2.29. The van der Waals surface area contributed by atoms with Crippen LogP contribution in [0.3, 0.4) is 0 Å². The van der Waals surface area contributed by atoms with Crippen LogP contribution in [0.15, 0.2) is 42.5 Å². The van der Waals surface area contributed by atoms with Gasteiger partial charge >= 0.3 is 0 Å². The van der Waals surface area contributed by atoms with Crippen LogP contribution >= 0.6 is 11.6 Å². The quantitative estimate of drug-likeness (QED) is 0.605. The predicted molar refractivity (Wildman–Crippen MR) is 109 cm³/mol. The molecular weight excluding hydrogens is 398 g/mol. The van der Waals surface area contributed by atoms with Crippen molar-refractivity contribution in [2.75, 3.05) is 6.54 Å².